The van der Waals surface area contributed by atoms with Gasteiger partial charge in [0.05, 0.1) is 4.90 Å². The van der Waals surface area contributed by atoms with Crippen LogP contribution < -0.4 is 0 Å². The normalized spacial score (nSPS) is 12.1. The van der Waals surface area contributed by atoms with Gasteiger partial charge in [-0.3, -0.25) is 13.7 Å². The number of benzene rings is 3. The summed E-state index contributed by atoms with van der Waals surface area (Å²) in [5.41, 5.74) is -5.36. The zero-order valence-corrected chi connectivity index (χ0v) is 25.5. The second-order valence-corrected chi connectivity index (χ2v) is 12.4. The molecule has 0 amide bonds. The van der Waals surface area contributed by atoms with Crippen molar-refractivity contribution >= 4 is 30.4 Å². The molecule has 0 bridgehead atoms. The molecule has 0 fully saturated rings. The Kier molecular flexibility index (Phi) is 14.7. The number of hydrogen-bond acceptors (Lipinski definition) is 6. The number of aryl methyl sites for hydroxylation is 1. The number of alkyl halides is 6. The Bertz CT molecular complexity index is 1580. The predicted octanol–water partition coefficient (Wildman–Crippen LogP) is 5.21. The van der Waals surface area contributed by atoms with Crippen LogP contribution in [0, 0.1) is 6.92 Å². The zero-order valence-electron chi connectivity index (χ0n) is 21.2. The van der Waals surface area contributed by atoms with Gasteiger partial charge in [0.25, 0.3) is 10.1 Å². The molecule has 0 saturated carbocycles. The van der Waals surface area contributed by atoms with Gasteiger partial charge in [0.2, 0.25) is 0 Å². The maximum atomic E-state index is 11.2. The van der Waals surface area contributed by atoms with E-state index in [1.807, 2.05) is 6.07 Å². The fraction of sp³-hybridized carbons (Fsp3) is 0.217. The van der Waals surface area contributed by atoms with E-state index < -0.39 is 41.4 Å². The van der Waals surface area contributed by atoms with Crippen LogP contribution in [0.5, 0.6) is 0 Å². The van der Waals surface area contributed by atoms with Crippen LogP contribution in [0.2, 0.25) is 0 Å². The van der Waals surface area contributed by atoms with Gasteiger partial charge in [-0.2, -0.15) is 51.6 Å². The third kappa shape index (κ3) is 14.3. The quantitative estimate of drug-likeness (QED) is 0.185. The summed E-state index contributed by atoms with van der Waals surface area (Å²) >= 11 is 0. The Morgan fingerprint density at radius 3 is 1.19 bits per heavy atom. The van der Waals surface area contributed by atoms with Crippen LogP contribution in [0.1, 0.15) is 27.8 Å². The molecule has 0 heterocycles. The first-order chi connectivity index (χ1) is 18.4. The van der Waals surface area contributed by atoms with E-state index in [-0.39, 0.29) is 30.7 Å². The van der Waals surface area contributed by atoms with Crippen LogP contribution in [0.3, 0.4) is 0 Å². The molecular weight excluding hydrogens is 675 g/mol. The van der Waals surface area contributed by atoms with Crippen molar-refractivity contribution < 1.29 is 91.1 Å². The molecule has 0 aliphatic heterocycles. The van der Waals surface area contributed by atoms with Crippen molar-refractivity contribution in [3.05, 3.63) is 101 Å². The molecule has 0 spiro atoms. The van der Waals surface area contributed by atoms with Gasteiger partial charge >= 0.3 is 31.3 Å². The summed E-state index contributed by atoms with van der Waals surface area (Å²) < 4.78 is 147. The van der Waals surface area contributed by atoms with E-state index in [0.717, 1.165) is 17.5 Å². The minimum atomic E-state index is -5.84. The zero-order chi connectivity index (χ0) is 31.9. The number of rotatable bonds is 5. The van der Waals surface area contributed by atoms with E-state index in [1.54, 1.807) is 6.07 Å². The average molecular weight is 698 g/mol. The Balaban J connectivity index is 0.000000820. The number of hydrogen-bond donors (Lipinski definition) is 3. The summed E-state index contributed by atoms with van der Waals surface area (Å²) in [5.74, 6) is 0. The molecule has 0 unspecified atom stereocenters. The van der Waals surface area contributed by atoms with Gasteiger partial charge in [0, 0.05) is 25.8 Å². The van der Waals surface area contributed by atoms with Crippen molar-refractivity contribution in [3.63, 3.8) is 0 Å². The van der Waals surface area contributed by atoms with E-state index in [9.17, 15) is 34.8 Å². The summed E-state index contributed by atoms with van der Waals surface area (Å²) in [6.07, 6.45) is 1.51. The first-order valence-electron chi connectivity index (χ1n) is 10.7. The van der Waals surface area contributed by atoms with Crippen LogP contribution in [0.4, 0.5) is 26.3 Å². The molecule has 0 atom stereocenters. The first kappa shape index (κ1) is 39.8. The molecule has 3 aromatic carbocycles. The van der Waals surface area contributed by atoms with Crippen LogP contribution in [-0.4, -0.2) is 49.9 Å². The fourth-order valence-corrected chi connectivity index (χ4v) is 3.32. The first-order valence-corrected chi connectivity index (χ1v) is 15.0. The van der Waals surface area contributed by atoms with Crippen LogP contribution in [0.25, 0.3) is 0 Å². The SMILES string of the molecule is Cc1ccc(Cc2ccc(Cc3cccc(S(=O)(=O)O)c3)cc2)cc1.O=S(=O)(O)C(F)(F)F.O=S(=O)(O)C(F)(F)F.[Sc]. The summed E-state index contributed by atoms with van der Waals surface area (Å²) in [5, 5.41) is 0. The topological polar surface area (TPSA) is 163 Å². The molecule has 19 heteroatoms. The minimum Gasteiger partial charge on any atom is -0.282 e. The third-order valence-corrected chi connectivity index (χ3v) is 6.76. The summed E-state index contributed by atoms with van der Waals surface area (Å²) in [4.78, 5) is -0.0685. The number of halogens is 6. The van der Waals surface area contributed by atoms with Crippen molar-refractivity contribution in [2.45, 2.75) is 35.7 Å². The standard InChI is InChI=1S/C21H20O3S.2CHF3O3S.Sc/c1-16-5-7-17(8-6-16)13-18-9-11-19(12-10-18)14-20-3-2-4-21(15-20)25(22,23)24;2*2-1(3,4)8(5,6)7;/h2-12,15H,13-14H2,1H3,(H,22,23,24);2*(H,5,6,7);. The van der Waals surface area contributed by atoms with Gasteiger partial charge in [-0.25, -0.2) is 0 Å². The maximum Gasteiger partial charge on any atom is 0.522 e. The molecule has 231 valence electrons. The van der Waals surface area contributed by atoms with Crippen molar-refractivity contribution in [1.82, 2.24) is 0 Å². The molecule has 3 aromatic rings. The molecule has 3 N–H and O–H groups in total. The van der Waals surface area contributed by atoms with Gasteiger partial charge in [-0.1, -0.05) is 66.2 Å². The third-order valence-electron chi connectivity index (χ3n) is 4.74. The van der Waals surface area contributed by atoms with Crippen LogP contribution in [0.15, 0.2) is 77.7 Å². The molecule has 1 radical (unpaired) electrons. The van der Waals surface area contributed by atoms with E-state index in [4.69, 9.17) is 30.5 Å². The van der Waals surface area contributed by atoms with E-state index in [1.165, 1.54) is 28.8 Å². The molecular formula is C23H22F6O9S3Sc. The molecule has 9 nitrogen and oxygen atoms in total. The van der Waals surface area contributed by atoms with Crippen molar-refractivity contribution in [1.29, 1.82) is 0 Å². The maximum absolute atomic E-state index is 11.2. The van der Waals surface area contributed by atoms with E-state index in [0.29, 0.717) is 6.42 Å². The molecule has 0 aliphatic rings. The van der Waals surface area contributed by atoms with Gasteiger partial charge in [0.1, 0.15) is 0 Å². The Morgan fingerprint density at radius 1 is 0.571 bits per heavy atom. The molecule has 0 saturated heterocycles. The second-order valence-electron chi connectivity index (χ2n) is 8.12. The van der Waals surface area contributed by atoms with Gasteiger partial charge in [-0.05, 0) is 54.2 Å². The van der Waals surface area contributed by atoms with Gasteiger partial charge in [-0.15, -0.1) is 0 Å². The summed E-state index contributed by atoms with van der Waals surface area (Å²) in [6, 6.07) is 23.2. The van der Waals surface area contributed by atoms with Crippen LogP contribution >= 0.6 is 0 Å². The molecule has 42 heavy (non-hydrogen) atoms. The smallest absolute Gasteiger partial charge is 0.282 e. The second kappa shape index (κ2) is 15.5. The Labute approximate surface area is 256 Å². The largest absolute Gasteiger partial charge is 0.522 e. The Morgan fingerprint density at radius 2 is 0.881 bits per heavy atom. The monoisotopic (exact) mass is 697 g/mol. The minimum absolute atomic E-state index is 0. The van der Waals surface area contributed by atoms with Crippen molar-refractivity contribution in [2.24, 2.45) is 0 Å². The van der Waals surface area contributed by atoms with Gasteiger partial charge in [0.15, 0.2) is 0 Å². The van der Waals surface area contributed by atoms with Gasteiger partial charge < -0.3 is 0 Å². The van der Waals surface area contributed by atoms with Crippen LogP contribution in [-0.2, 0) is 69.0 Å². The van der Waals surface area contributed by atoms with E-state index in [2.05, 4.69) is 55.5 Å². The molecule has 3 rings (SSSR count). The fourth-order valence-electron chi connectivity index (χ4n) is 2.77. The van der Waals surface area contributed by atoms with Crippen molar-refractivity contribution in [2.75, 3.05) is 0 Å². The molecule has 0 aromatic heterocycles. The molecule has 0 aliphatic carbocycles. The predicted molar refractivity (Wildman–Crippen MR) is 135 cm³/mol. The van der Waals surface area contributed by atoms with Crippen molar-refractivity contribution in [3.8, 4) is 0 Å². The Hall–Kier alpha value is -2.16. The summed E-state index contributed by atoms with van der Waals surface area (Å²) in [7, 11) is -15.8. The summed E-state index contributed by atoms with van der Waals surface area (Å²) in [6.45, 7) is 2.08. The van der Waals surface area contributed by atoms with E-state index >= 15 is 0 Å². The average Bonchev–Trinajstić information content (AvgIpc) is 2.80.